The van der Waals surface area contributed by atoms with Crippen LogP contribution in [0.15, 0.2) is 6.20 Å². The van der Waals surface area contributed by atoms with Crippen molar-refractivity contribution in [1.82, 2.24) is 9.55 Å². The molecule has 1 rings (SSSR count). The lowest BCUT2D eigenvalue weighted by Crippen LogP contribution is -2.02. The zero-order valence-corrected chi connectivity index (χ0v) is 7.90. The Balaban J connectivity index is 3.12. The molecule has 68 valence electrons. The van der Waals surface area contributed by atoms with Crippen LogP contribution in [0.5, 0.6) is 0 Å². The Morgan fingerprint density at radius 2 is 2.38 bits per heavy atom. The number of imidazole rings is 1. The molecule has 1 atom stereocenters. The molecule has 0 aliphatic heterocycles. The lowest BCUT2D eigenvalue weighted by Gasteiger charge is -2.04. The summed E-state index contributed by atoms with van der Waals surface area (Å²) < 4.78 is 1.69. The van der Waals surface area contributed by atoms with E-state index in [1.165, 1.54) is 6.92 Å². The number of nitrogens with zero attached hydrogens (tertiary/aromatic N) is 3. The molecule has 0 radical (unpaired) electrons. The first-order valence-electron chi connectivity index (χ1n) is 4.02. The van der Waals surface area contributed by atoms with Gasteiger partial charge in [-0.25, -0.2) is 4.98 Å². The van der Waals surface area contributed by atoms with Crippen LogP contribution < -0.4 is 0 Å². The Morgan fingerprint density at radius 1 is 1.77 bits per heavy atom. The summed E-state index contributed by atoms with van der Waals surface area (Å²) in [7, 11) is 0. The van der Waals surface area contributed by atoms with E-state index >= 15 is 0 Å². The molecule has 0 aliphatic carbocycles. The summed E-state index contributed by atoms with van der Waals surface area (Å²) in [5.41, 5.74) is 0.416. The van der Waals surface area contributed by atoms with Gasteiger partial charge < -0.3 is 4.57 Å². The highest BCUT2D eigenvalue weighted by atomic mass is 16.1. The summed E-state index contributed by atoms with van der Waals surface area (Å²) in [6, 6.07) is 1.81. The van der Waals surface area contributed by atoms with Crippen LogP contribution in [-0.4, -0.2) is 15.3 Å². The first kappa shape index (κ1) is 9.46. The zero-order valence-electron chi connectivity index (χ0n) is 7.90. The number of Topliss-reactive ketones (excluding diaryl/α,β-unsaturated/α-hetero) is 1. The summed E-state index contributed by atoms with van der Waals surface area (Å²) in [6.45, 7) is 5.00. The Kier molecular flexibility index (Phi) is 2.47. The van der Waals surface area contributed by atoms with Crippen LogP contribution in [0, 0.1) is 18.3 Å². The molecule has 1 unspecified atom stereocenters. The third kappa shape index (κ3) is 1.75. The second-order valence-corrected chi connectivity index (χ2v) is 2.94. The van der Waals surface area contributed by atoms with Crippen LogP contribution in [0.4, 0.5) is 0 Å². The van der Waals surface area contributed by atoms with Crippen LogP contribution in [0.2, 0.25) is 0 Å². The highest BCUT2D eigenvalue weighted by molar-refractivity contribution is 5.91. The normalized spacial score (nSPS) is 12.2. The number of nitriles is 1. The maximum absolute atomic E-state index is 11.0. The molecule has 1 aromatic heterocycles. The van der Waals surface area contributed by atoms with Gasteiger partial charge in [-0.05, 0) is 13.8 Å². The summed E-state index contributed by atoms with van der Waals surface area (Å²) >= 11 is 0. The fourth-order valence-electron chi connectivity index (χ4n) is 1.11. The topological polar surface area (TPSA) is 58.7 Å². The molecule has 4 heteroatoms. The maximum atomic E-state index is 11.0. The van der Waals surface area contributed by atoms with Crippen molar-refractivity contribution in [3.8, 4) is 6.07 Å². The number of hydrogen-bond donors (Lipinski definition) is 0. The first-order chi connectivity index (χ1) is 6.06. The highest BCUT2D eigenvalue weighted by Crippen LogP contribution is 2.10. The smallest absolute Gasteiger partial charge is 0.179 e. The van der Waals surface area contributed by atoms with E-state index in [0.29, 0.717) is 11.5 Å². The van der Waals surface area contributed by atoms with Crippen LogP contribution in [0.25, 0.3) is 0 Å². The third-order valence-corrected chi connectivity index (χ3v) is 1.88. The van der Waals surface area contributed by atoms with Crippen molar-refractivity contribution in [3.63, 3.8) is 0 Å². The van der Waals surface area contributed by atoms with Crippen molar-refractivity contribution < 1.29 is 4.79 Å². The van der Waals surface area contributed by atoms with E-state index in [1.807, 2.05) is 0 Å². The molecule has 1 aromatic rings. The maximum Gasteiger partial charge on any atom is 0.179 e. The van der Waals surface area contributed by atoms with Gasteiger partial charge in [-0.3, -0.25) is 4.79 Å². The van der Waals surface area contributed by atoms with Crippen molar-refractivity contribution in [3.05, 3.63) is 17.7 Å². The molecular weight excluding hydrogens is 166 g/mol. The summed E-state index contributed by atoms with van der Waals surface area (Å²) in [5.74, 6) is 0.617. The Hall–Kier alpha value is -1.63. The van der Waals surface area contributed by atoms with Crippen LogP contribution >= 0.6 is 0 Å². The molecular formula is C9H11N3O. The molecule has 1 heterocycles. The van der Waals surface area contributed by atoms with Crippen molar-refractivity contribution >= 4 is 5.78 Å². The van der Waals surface area contributed by atoms with Crippen LogP contribution in [0.3, 0.4) is 0 Å². The third-order valence-electron chi connectivity index (χ3n) is 1.88. The van der Waals surface area contributed by atoms with E-state index in [0.717, 1.165) is 0 Å². The molecule has 4 nitrogen and oxygen atoms in total. The van der Waals surface area contributed by atoms with Gasteiger partial charge in [-0.1, -0.05) is 0 Å². The number of ketones is 1. The highest BCUT2D eigenvalue weighted by Gasteiger charge is 2.11. The average molecular weight is 177 g/mol. The Bertz CT molecular complexity index is 373. The SMILES string of the molecule is CC(=O)c1cn(C(C)C#N)c(C)n1. The quantitative estimate of drug-likeness (QED) is 0.643. The second kappa shape index (κ2) is 3.40. The Labute approximate surface area is 76.8 Å². The molecule has 0 spiro atoms. The lowest BCUT2D eigenvalue weighted by molar-refractivity contribution is 0.101. The van der Waals surface area contributed by atoms with E-state index < -0.39 is 0 Å². The van der Waals surface area contributed by atoms with Crippen molar-refractivity contribution in [1.29, 1.82) is 5.26 Å². The number of hydrogen-bond acceptors (Lipinski definition) is 3. The molecule has 13 heavy (non-hydrogen) atoms. The monoisotopic (exact) mass is 177 g/mol. The standard InChI is InChI=1S/C9H11N3O/c1-6(4-10)12-5-9(7(2)13)11-8(12)3/h5-6H,1-3H3. The minimum Gasteiger partial charge on any atom is -0.318 e. The van der Waals surface area contributed by atoms with Gasteiger partial charge in [0.2, 0.25) is 0 Å². The van der Waals surface area contributed by atoms with Gasteiger partial charge in [-0.15, -0.1) is 0 Å². The Morgan fingerprint density at radius 3 is 2.77 bits per heavy atom. The average Bonchev–Trinajstić information content (AvgIpc) is 2.46. The van der Waals surface area contributed by atoms with E-state index in [4.69, 9.17) is 5.26 Å². The molecule has 0 N–H and O–H groups in total. The minimum atomic E-state index is -0.277. The van der Waals surface area contributed by atoms with Crippen LogP contribution in [-0.2, 0) is 0 Å². The number of carbonyl (C=O) groups is 1. The number of aromatic nitrogens is 2. The molecule has 0 saturated heterocycles. The zero-order chi connectivity index (χ0) is 10.0. The number of carbonyl (C=O) groups excluding carboxylic acids is 1. The summed E-state index contributed by atoms with van der Waals surface area (Å²) in [6.07, 6.45) is 1.62. The fraction of sp³-hybridized carbons (Fsp3) is 0.444. The van der Waals surface area contributed by atoms with E-state index in [-0.39, 0.29) is 11.8 Å². The number of rotatable bonds is 2. The molecule has 0 fully saturated rings. The predicted molar refractivity (Wildman–Crippen MR) is 47.3 cm³/mol. The first-order valence-corrected chi connectivity index (χ1v) is 4.02. The number of aryl methyl sites for hydroxylation is 1. The van der Waals surface area contributed by atoms with Gasteiger partial charge in [0.05, 0.1) is 6.07 Å². The molecule has 0 bridgehead atoms. The van der Waals surface area contributed by atoms with Gasteiger partial charge in [0.25, 0.3) is 0 Å². The van der Waals surface area contributed by atoms with E-state index in [2.05, 4.69) is 11.1 Å². The molecule has 0 aromatic carbocycles. The van der Waals surface area contributed by atoms with Gasteiger partial charge >= 0.3 is 0 Å². The minimum absolute atomic E-state index is 0.0769. The largest absolute Gasteiger partial charge is 0.318 e. The summed E-state index contributed by atoms with van der Waals surface area (Å²) in [4.78, 5) is 15.0. The van der Waals surface area contributed by atoms with Gasteiger partial charge in [-0.2, -0.15) is 5.26 Å². The lowest BCUT2D eigenvalue weighted by atomic mass is 10.3. The molecule has 0 saturated carbocycles. The molecule has 0 amide bonds. The van der Waals surface area contributed by atoms with Crippen molar-refractivity contribution in [2.24, 2.45) is 0 Å². The van der Waals surface area contributed by atoms with Crippen molar-refractivity contribution in [2.45, 2.75) is 26.8 Å². The van der Waals surface area contributed by atoms with Gasteiger partial charge in [0.1, 0.15) is 17.6 Å². The fourth-order valence-corrected chi connectivity index (χ4v) is 1.11. The van der Waals surface area contributed by atoms with Gasteiger partial charge in [0, 0.05) is 13.1 Å². The predicted octanol–water partition coefficient (Wildman–Crippen LogP) is 1.48. The van der Waals surface area contributed by atoms with Crippen molar-refractivity contribution in [2.75, 3.05) is 0 Å². The van der Waals surface area contributed by atoms with E-state index in [1.54, 1.807) is 24.6 Å². The van der Waals surface area contributed by atoms with Gasteiger partial charge in [0.15, 0.2) is 5.78 Å². The van der Waals surface area contributed by atoms with E-state index in [9.17, 15) is 4.79 Å². The molecule has 0 aliphatic rings. The second-order valence-electron chi connectivity index (χ2n) is 2.94. The summed E-state index contributed by atoms with van der Waals surface area (Å²) in [5, 5.41) is 8.68. The van der Waals surface area contributed by atoms with Crippen LogP contribution in [0.1, 0.15) is 36.2 Å².